The van der Waals surface area contributed by atoms with Gasteiger partial charge >= 0.3 is 0 Å². The third-order valence-electron chi connectivity index (χ3n) is 2.62. The van der Waals surface area contributed by atoms with Crippen molar-refractivity contribution >= 4 is 12.1 Å². The maximum absolute atomic E-state index is 11.6. The normalized spacial score (nSPS) is 17.2. The Bertz CT molecular complexity index is 469. The Morgan fingerprint density at radius 2 is 1.86 bits per heavy atom. The summed E-state index contributed by atoms with van der Waals surface area (Å²) >= 11 is 0. The van der Waals surface area contributed by atoms with E-state index in [1.807, 2.05) is 0 Å². The molecule has 1 aromatic heterocycles. The minimum atomic E-state index is -1.77. The van der Waals surface area contributed by atoms with E-state index in [9.17, 15) is 20.1 Å². The van der Waals surface area contributed by atoms with Crippen molar-refractivity contribution in [2.45, 2.75) is 24.4 Å². The average molecular weight is 299 g/mol. The van der Waals surface area contributed by atoms with Crippen LogP contribution in [0.4, 0.5) is 0 Å². The van der Waals surface area contributed by atoms with Gasteiger partial charge in [0.15, 0.2) is 0 Å². The Hall–Kier alpha value is -1.91. The molecule has 0 spiro atoms. The first-order valence-corrected chi connectivity index (χ1v) is 6.04. The molecule has 0 fully saturated rings. The van der Waals surface area contributed by atoms with Crippen LogP contribution in [0.2, 0.25) is 0 Å². The van der Waals surface area contributed by atoms with E-state index in [2.05, 4.69) is 15.5 Å². The lowest BCUT2D eigenvalue weighted by molar-refractivity contribution is -0.0999. The summed E-state index contributed by atoms with van der Waals surface area (Å²) in [5, 5.41) is 49.5. The van der Waals surface area contributed by atoms with Gasteiger partial charge in [0, 0.05) is 18.0 Å². The Morgan fingerprint density at radius 3 is 2.43 bits per heavy atom. The fraction of sp³-hybridized carbons (Fsp3) is 0.417. The van der Waals surface area contributed by atoms with E-state index in [0.29, 0.717) is 5.56 Å². The molecular weight excluding hydrogens is 282 g/mol. The lowest BCUT2D eigenvalue weighted by Crippen LogP contribution is -2.46. The van der Waals surface area contributed by atoms with Crippen molar-refractivity contribution in [1.82, 2.24) is 10.4 Å². The molecule has 1 aromatic rings. The summed E-state index contributed by atoms with van der Waals surface area (Å²) in [6.07, 6.45) is -3.14. The highest BCUT2D eigenvalue weighted by Gasteiger charge is 2.29. The number of carbonyl (C=O) groups is 1. The maximum atomic E-state index is 11.6. The summed E-state index contributed by atoms with van der Waals surface area (Å²) in [7, 11) is 0. The molecule has 1 amide bonds. The van der Waals surface area contributed by atoms with E-state index in [0.717, 1.165) is 6.21 Å². The molecule has 21 heavy (non-hydrogen) atoms. The van der Waals surface area contributed by atoms with Crippen LogP contribution in [0, 0.1) is 0 Å². The third-order valence-corrected chi connectivity index (χ3v) is 2.62. The molecule has 9 nitrogen and oxygen atoms in total. The second-order valence-electron chi connectivity index (χ2n) is 4.18. The molecule has 0 radical (unpaired) electrons. The highest BCUT2D eigenvalue weighted by atomic mass is 16.4. The van der Waals surface area contributed by atoms with Crippen molar-refractivity contribution in [3.8, 4) is 0 Å². The first-order chi connectivity index (χ1) is 9.97. The summed E-state index contributed by atoms with van der Waals surface area (Å²) < 4.78 is 0. The van der Waals surface area contributed by atoms with Gasteiger partial charge in [-0.3, -0.25) is 9.78 Å². The Morgan fingerprint density at radius 1 is 1.24 bits per heavy atom. The van der Waals surface area contributed by atoms with E-state index >= 15 is 0 Å². The molecule has 1 heterocycles. The van der Waals surface area contributed by atoms with Crippen LogP contribution < -0.4 is 5.43 Å². The van der Waals surface area contributed by atoms with Gasteiger partial charge in [0.1, 0.15) is 24.4 Å². The van der Waals surface area contributed by atoms with Crippen LogP contribution in [-0.4, -0.2) is 73.7 Å². The van der Waals surface area contributed by atoms with Crippen LogP contribution in [0.3, 0.4) is 0 Å². The summed E-state index contributed by atoms with van der Waals surface area (Å²) in [6, 6.07) is 2.91. The number of nitrogens with zero attached hydrogens (tertiary/aromatic N) is 2. The molecule has 116 valence electrons. The molecule has 0 unspecified atom stereocenters. The molecule has 0 bridgehead atoms. The van der Waals surface area contributed by atoms with Crippen LogP contribution in [0.5, 0.6) is 0 Å². The number of nitrogens with one attached hydrogen (secondary N) is 1. The Kier molecular flexibility index (Phi) is 6.85. The molecule has 0 aromatic carbocycles. The summed E-state index contributed by atoms with van der Waals surface area (Å²) in [5.41, 5.74) is 2.40. The van der Waals surface area contributed by atoms with E-state index in [-0.39, 0.29) is 0 Å². The van der Waals surface area contributed by atoms with Gasteiger partial charge in [0.25, 0.3) is 5.91 Å². The number of pyridine rings is 1. The van der Waals surface area contributed by atoms with E-state index in [1.165, 1.54) is 24.5 Å². The quantitative estimate of drug-likeness (QED) is 0.235. The molecule has 0 aliphatic heterocycles. The zero-order chi connectivity index (χ0) is 15.8. The lowest BCUT2D eigenvalue weighted by Gasteiger charge is -2.23. The standard InChI is InChI=1S/C12H17N3O6/c16-6-9(18)11(20)10(19)8(17)5-14-15-12(21)7-1-3-13-4-2-7/h1-5,8-11,16-20H,6H2,(H,15,21)/b14-5-/t8-,9+,10-,11+/m0/s1. The van der Waals surface area contributed by atoms with Gasteiger partial charge in [0.2, 0.25) is 0 Å². The minimum absolute atomic E-state index is 0.299. The van der Waals surface area contributed by atoms with Gasteiger partial charge < -0.3 is 25.5 Å². The van der Waals surface area contributed by atoms with E-state index < -0.39 is 36.9 Å². The fourth-order valence-corrected chi connectivity index (χ4v) is 1.37. The molecule has 4 atom stereocenters. The van der Waals surface area contributed by atoms with Gasteiger partial charge in [-0.05, 0) is 12.1 Å². The first-order valence-electron chi connectivity index (χ1n) is 6.04. The monoisotopic (exact) mass is 299 g/mol. The molecule has 0 saturated heterocycles. The number of aromatic nitrogens is 1. The summed E-state index contributed by atoms with van der Waals surface area (Å²) in [4.78, 5) is 15.3. The van der Waals surface area contributed by atoms with E-state index in [4.69, 9.17) is 10.2 Å². The SMILES string of the molecule is O=C(N/N=C\[C@H](O)[C@H](O)[C@H](O)[C@H](O)CO)c1ccncc1. The van der Waals surface area contributed by atoms with Crippen molar-refractivity contribution in [2.75, 3.05) is 6.61 Å². The number of amides is 1. The molecule has 0 aliphatic rings. The van der Waals surface area contributed by atoms with Gasteiger partial charge in [0.05, 0.1) is 12.8 Å². The molecule has 9 heteroatoms. The maximum Gasteiger partial charge on any atom is 0.271 e. The van der Waals surface area contributed by atoms with Crippen molar-refractivity contribution in [3.05, 3.63) is 30.1 Å². The van der Waals surface area contributed by atoms with Crippen LogP contribution in [0.25, 0.3) is 0 Å². The average Bonchev–Trinajstić information content (AvgIpc) is 2.53. The van der Waals surface area contributed by atoms with Crippen molar-refractivity contribution in [3.63, 3.8) is 0 Å². The second-order valence-corrected chi connectivity index (χ2v) is 4.18. The predicted molar refractivity (Wildman–Crippen MR) is 71.3 cm³/mol. The Balaban J connectivity index is 2.51. The molecule has 1 rings (SSSR count). The number of hydrazone groups is 1. The highest BCUT2D eigenvalue weighted by molar-refractivity contribution is 5.94. The third kappa shape index (κ3) is 5.17. The summed E-state index contributed by atoms with van der Waals surface area (Å²) in [6.45, 7) is -0.777. The fourth-order valence-electron chi connectivity index (χ4n) is 1.37. The molecular formula is C12H17N3O6. The predicted octanol–water partition coefficient (Wildman–Crippen LogP) is -2.77. The smallest absolute Gasteiger partial charge is 0.271 e. The van der Waals surface area contributed by atoms with Crippen molar-refractivity contribution < 1.29 is 30.3 Å². The van der Waals surface area contributed by atoms with Crippen LogP contribution in [0.1, 0.15) is 10.4 Å². The highest BCUT2D eigenvalue weighted by Crippen LogP contribution is 2.03. The van der Waals surface area contributed by atoms with Gasteiger partial charge in [-0.15, -0.1) is 0 Å². The zero-order valence-corrected chi connectivity index (χ0v) is 10.9. The van der Waals surface area contributed by atoms with E-state index in [1.54, 1.807) is 0 Å². The number of aliphatic hydroxyl groups excluding tert-OH is 5. The van der Waals surface area contributed by atoms with Gasteiger partial charge in [-0.2, -0.15) is 5.10 Å². The topological polar surface area (TPSA) is 156 Å². The number of aliphatic hydroxyl groups is 5. The molecule has 6 N–H and O–H groups in total. The van der Waals surface area contributed by atoms with Crippen molar-refractivity contribution in [2.24, 2.45) is 5.10 Å². The Labute approximate surface area is 120 Å². The molecule has 0 aliphatic carbocycles. The second kappa shape index (κ2) is 8.39. The first kappa shape index (κ1) is 17.1. The lowest BCUT2D eigenvalue weighted by atomic mass is 10.0. The van der Waals surface area contributed by atoms with Gasteiger partial charge in [-0.1, -0.05) is 0 Å². The number of rotatable bonds is 7. The van der Waals surface area contributed by atoms with Crippen LogP contribution in [0.15, 0.2) is 29.6 Å². The summed E-state index contributed by atoms with van der Waals surface area (Å²) in [5.74, 6) is -0.550. The molecule has 0 saturated carbocycles. The van der Waals surface area contributed by atoms with Crippen molar-refractivity contribution in [1.29, 1.82) is 0 Å². The largest absolute Gasteiger partial charge is 0.394 e. The number of hydrogen-bond acceptors (Lipinski definition) is 8. The zero-order valence-electron chi connectivity index (χ0n) is 10.9. The van der Waals surface area contributed by atoms with Crippen LogP contribution >= 0.6 is 0 Å². The number of carbonyl (C=O) groups excluding carboxylic acids is 1. The van der Waals surface area contributed by atoms with Crippen LogP contribution in [-0.2, 0) is 0 Å². The number of hydrogen-bond donors (Lipinski definition) is 6. The van der Waals surface area contributed by atoms with Gasteiger partial charge in [-0.25, -0.2) is 5.43 Å². The minimum Gasteiger partial charge on any atom is -0.394 e.